The molecule has 0 saturated heterocycles. The van der Waals surface area contributed by atoms with Crippen LogP contribution in [0.4, 0.5) is 13.2 Å². The highest BCUT2D eigenvalue weighted by molar-refractivity contribution is 9.10. The van der Waals surface area contributed by atoms with Crippen LogP contribution >= 0.6 is 15.9 Å². The zero-order valence-electron chi connectivity index (χ0n) is 9.81. The van der Waals surface area contributed by atoms with Gasteiger partial charge in [0.15, 0.2) is 23.2 Å². The van der Waals surface area contributed by atoms with Crippen molar-refractivity contribution in [2.75, 3.05) is 0 Å². The second-order valence-electron chi connectivity index (χ2n) is 4.02. The number of halogens is 4. The molecule has 2 aromatic rings. The standard InChI is InChI=1S/C14H8BrF3O/c1-7-2-3-8(6-10(7)15)14(19)9-4-5-11(16)13(18)12(9)17/h2-6H,1H3. The molecule has 0 amide bonds. The largest absolute Gasteiger partial charge is 0.288 e. The molecule has 2 rings (SSSR count). The van der Waals surface area contributed by atoms with Gasteiger partial charge in [-0.15, -0.1) is 0 Å². The lowest BCUT2D eigenvalue weighted by Gasteiger charge is -2.06. The normalized spacial score (nSPS) is 10.6. The molecule has 0 N–H and O–H groups in total. The Bertz CT molecular complexity index is 668. The summed E-state index contributed by atoms with van der Waals surface area (Å²) in [5, 5.41) is 0. The van der Waals surface area contributed by atoms with Crippen LogP contribution in [0.15, 0.2) is 34.8 Å². The zero-order valence-corrected chi connectivity index (χ0v) is 11.4. The summed E-state index contributed by atoms with van der Waals surface area (Å²) in [5.74, 6) is -5.13. The summed E-state index contributed by atoms with van der Waals surface area (Å²) in [6.45, 7) is 1.83. The van der Waals surface area contributed by atoms with Crippen molar-refractivity contribution >= 4 is 21.7 Å². The van der Waals surface area contributed by atoms with Crippen molar-refractivity contribution < 1.29 is 18.0 Å². The monoisotopic (exact) mass is 328 g/mol. The maximum Gasteiger partial charge on any atom is 0.196 e. The van der Waals surface area contributed by atoms with E-state index in [9.17, 15) is 18.0 Å². The van der Waals surface area contributed by atoms with Gasteiger partial charge in [-0.3, -0.25) is 4.79 Å². The first kappa shape index (κ1) is 13.8. The highest BCUT2D eigenvalue weighted by atomic mass is 79.9. The lowest BCUT2D eigenvalue weighted by atomic mass is 10.0. The van der Waals surface area contributed by atoms with E-state index in [1.807, 2.05) is 6.92 Å². The van der Waals surface area contributed by atoms with Crippen LogP contribution in [0.3, 0.4) is 0 Å². The number of rotatable bonds is 2. The van der Waals surface area contributed by atoms with Crippen LogP contribution in [-0.4, -0.2) is 5.78 Å². The van der Waals surface area contributed by atoms with Crippen molar-refractivity contribution in [3.05, 3.63) is 68.9 Å². The molecule has 0 aliphatic carbocycles. The van der Waals surface area contributed by atoms with E-state index in [0.29, 0.717) is 4.47 Å². The molecule has 0 saturated carbocycles. The highest BCUT2D eigenvalue weighted by Gasteiger charge is 2.20. The number of carbonyl (C=O) groups excluding carboxylic acids is 1. The smallest absolute Gasteiger partial charge is 0.196 e. The topological polar surface area (TPSA) is 17.1 Å². The summed E-state index contributed by atoms with van der Waals surface area (Å²) < 4.78 is 40.1. The minimum Gasteiger partial charge on any atom is -0.288 e. The first-order valence-electron chi connectivity index (χ1n) is 5.36. The van der Waals surface area contributed by atoms with Gasteiger partial charge in [0.05, 0.1) is 5.56 Å². The van der Waals surface area contributed by atoms with Gasteiger partial charge in [0.2, 0.25) is 0 Å². The third-order valence-corrected chi connectivity index (χ3v) is 3.57. The Kier molecular flexibility index (Phi) is 3.75. The number of ketones is 1. The minimum atomic E-state index is -1.64. The van der Waals surface area contributed by atoms with E-state index >= 15 is 0 Å². The van der Waals surface area contributed by atoms with Crippen LogP contribution in [0.1, 0.15) is 21.5 Å². The molecule has 0 aromatic heterocycles. The van der Waals surface area contributed by atoms with Gasteiger partial charge in [0.25, 0.3) is 0 Å². The predicted molar refractivity (Wildman–Crippen MR) is 68.6 cm³/mol. The lowest BCUT2D eigenvalue weighted by Crippen LogP contribution is -2.07. The average molecular weight is 329 g/mol. The summed E-state index contributed by atoms with van der Waals surface area (Å²) in [5.41, 5.74) is 0.611. The molecule has 98 valence electrons. The number of aryl methyl sites for hydroxylation is 1. The van der Waals surface area contributed by atoms with Crippen molar-refractivity contribution in [1.82, 2.24) is 0 Å². The van der Waals surface area contributed by atoms with Gasteiger partial charge in [0.1, 0.15) is 0 Å². The van der Waals surface area contributed by atoms with E-state index in [-0.39, 0.29) is 5.56 Å². The molecule has 0 spiro atoms. The second-order valence-corrected chi connectivity index (χ2v) is 4.87. The molecular weight excluding hydrogens is 321 g/mol. The molecule has 5 heteroatoms. The number of carbonyl (C=O) groups is 1. The molecule has 0 aliphatic rings. The maximum atomic E-state index is 13.5. The van der Waals surface area contributed by atoms with Crippen LogP contribution in [0.2, 0.25) is 0 Å². The van der Waals surface area contributed by atoms with Crippen LogP contribution in [0, 0.1) is 24.4 Å². The third kappa shape index (κ3) is 2.56. The first-order chi connectivity index (χ1) is 8.91. The number of hydrogen-bond donors (Lipinski definition) is 0. The van der Waals surface area contributed by atoms with E-state index in [2.05, 4.69) is 15.9 Å². The summed E-state index contributed by atoms with van der Waals surface area (Å²) in [6.07, 6.45) is 0. The Balaban J connectivity index is 2.50. The third-order valence-electron chi connectivity index (χ3n) is 2.71. The van der Waals surface area contributed by atoms with E-state index in [4.69, 9.17) is 0 Å². The Labute approximate surface area is 116 Å². The molecule has 1 nitrogen and oxygen atoms in total. The summed E-state index contributed by atoms with van der Waals surface area (Å²) in [4.78, 5) is 12.0. The summed E-state index contributed by atoms with van der Waals surface area (Å²) >= 11 is 3.25. The Morgan fingerprint density at radius 2 is 1.74 bits per heavy atom. The van der Waals surface area contributed by atoms with Gasteiger partial charge in [-0.25, -0.2) is 13.2 Å². The van der Waals surface area contributed by atoms with Crippen molar-refractivity contribution in [3.63, 3.8) is 0 Å². The predicted octanol–water partition coefficient (Wildman–Crippen LogP) is 4.41. The quantitative estimate of drug-likeness (QED) is 0.589. The van der Waals surface area contributed by atoms with Crippen molar-refractivity contribution in [1.29, 1.82) is 0 Å². The zero-order chi connectivity index (χ0) is 14.2. The van der Waals surface area contributed by atoms with E-state index in [1.54, 1.807) is 6.07 Å². The minimum absolute atomic E-state index is 0.197. The van der Waals surface area contributed by atoms with Gasteiger partial charge < -0.3 is 0 Å². The Morgan fingerprint density at radius 1 is 1.05 bits per heavy atom. The van der Waals surface area contributed by atoms with E-state index < -0.39 is 28.8 Å². The summed E-state index contributed by atoms with van der Waals surface area (Å²) in [6, 6.07) is 6.36. The number of hydrogen-bond acceptors (Lipinski definition) is 1. The molecule has 2 aromatic carbocycles. The van der Waals surface area contributed by atoms with Gasteiger partial charge in [-0.1, -0.05) is 28.1 Å². The molecule has 19 heavy (non-hydrogen) atoms. The van der Waals surface area contributed by atoms with Crippen molar-refractivity contribution in [2.45, 2.75) is 6.92 Å². The fourth-order valence-electron chi connectivity index (χ4n) is 1.59. The molecule has 0 aliphatic heterocycles. The molecular formula is C14H8BrF3O. The highest BCUT2D eigenvalue weighted by Crippen LogP contribution is 2.22. The first-order valence-corrected chi connectivity index (χ1v) is 6.15. The molecule has 0 unspecified atom stereocenters. The van der Waals surface area contributed by atoms with E-state index in [1.165, 1.54) is 12.1 Å². The molecule has 0 radical (unpaired) electrons. The van der Waals surface area contributed by atoms with Crippen LogP contribution in [0.25, 0.3) is 0 Å². The van der Waals surface area contributed by atoms with Gasteiger partial charge >= 0.3 is 0 Å². The van der Waals surface area contributed by atoms with Crippen molar-refractivity contribution in [2.24, 2.45) is 0 Å². The molecule has 0 heterocycles. The number of benzene rings is 2. The Morgan fingerprint density at radius 3 is 2.37 bits per heavy atom. The molecule has 0 atom stereocenters. The molecule has 0 fully saturated rings. The van der Waals surface area contributed by atoms with Crippen molar-refractivity contribution in [3.8, 4) is 0 Å². The van der Waals surface area contributed by atoms with Gasteiger partial charge in [0, 0.05) is 10.0 Å². The van der Waals surface area contributed by atoms with Gasteiger partial charge in [-0.2, -0.15) is 0 Å². The average Bonchev–Trinajstić information content (AvgIpc) is 2.39. The fourth-order valence-corrected chi connectivity index (χ4v) is 1.97. The SMILES string of the molecule is Cc1ccc(C(=O)c2ccc(F)c(F)c2F)cc1Br. The Hall–Kier alpha value is -1.62. The summed E-state index contributed by atoms with van der Waals surface area (Å²) in [7, 11) is 0. The lowest BCUT2D eigenvalue weighted by molar-refractivity contribution is 0.103. The van der Waals surface area contributed by atoms with E-state index in [0.717, 1.165) is 17.7 Å². The van der Waals surface area contributed by atoms with Crippen LogP contribution in [-0.2, 0) is 0 Å². The van der Waals surface area contributed by atoms with Crippen LogP contribution < -0.4 is 0 Å². The van der Waals surface area contributed by atoms with Crippen LogP contribution in [0.5, 0.6) is 0 Å². The molecule has 0 bridgehead atoms. The fraction of sp³-hybridized carbons (Fsp3) is 0.0714. The van der Waals surface area contributed by atoms with Gasteiger partial charge in [-0.05, 0) is 30.7 Å². The maximum absolute atomic E-state index is 13.5. The second kappa shape index (κ2) is 5.17.